The fourth-order valence-corrected chi connectivity index (χ4v) is 2.26. The molecule has 0 saturated heterocycles. The Bertz CT molecular complexity index is 913. The van der Waals surface area contributed by atoms with Crippen molar-refractivity contribution in [2.75, 3.05) is 13.7 Å². The molecule has 0 radical (unpaired) electrons. The van der Waals surface area contributed by atoms with Crippen LogP contribution in [0.5, 0.6) is 11.5 Å². The number of ether oxygens (including phenoxy) is 2. The van der Waals surface area contributed by atoms with Crippen LogP contribution in [0.25, 0.3) is 6.08 Å². The van der Waals surface area contributed by atoms with Crippen molar-refractivity contribution in [3.05, 3.63) is 46.8 Å². The summed E-state index contributed by atoms with van der Waals surface area (Å²) in [6.07, 6.45) is 1.45. The minimum Gasteiger partial charge on any atom is -0.493 e. The molecule has 0 bridgehead atoms. The van der Waals surface area contributed by atoms with Gasteiger partial charge >= 0.3 is 0 Å². The number of benzene rings is 1. The second-order valence-corrected chi connectivity index (χ2v) is 5.17. The molecule has 126 valence electrons. The molecule has 0 unspecified atom stereocenters. The number of nitrogens with zero attached hydrogens (tertiary/aromatic N) is 4. The van der Waals surface area contributed by atoms with Crippen molar-refractivity contribution >= 4 is 12.0 Å². The molecule has 0 spiro atoms. The summed E-state index contributed by atoms with van der Waals surface area (Å²) in [4.78, 5) is 12.5. The summed E-state index contributed by atoms with van der Waals surface area (Å²) in [5.41, 5.74) is 1.89. The summed E-state index contributed by atoms with van der Waals surface area (Å²) in [6, 6.07) is 10.5. The van der Waals surface area contributed by atoms with Gasteiger partial charge < -0.3 is 9.47 Å². The lowest BCUT2D eigenvalue weighted by Crippen LogP contribution is -2.15. The zero-order valence-corrected chi connectivity index (χ0v) is 14.1. The first kappa shape index (κ1) is 17.8. The minimum atomic E-state index is -0.503. The van der Waals surface area contributed by atoms with Gasteiger partial charge in [-0.3, -0.25) is 4.79 Å². The van der Waals surface area contributed by atoms with Crippen LogP contribution in [0, 0.1) is 36.5 Å². The molecule has 7 nitrogen and oxygen atoms in total. The standard InChI is InChI=1S/C18H16N4O3/c1-12-8-13(2)22(21-12)18(23)15(11-20)9-14-4-5-16(25-7-6-19)17(10-14)24-3/h4-5,8-10H,7H2,1-3H3/b15-9+. The van der Waals surface area contributed by atoms with E-state index >= 15 is 0 Å². The molecule has 0 atom stereocenters. The summed E-state index contributed by atoms with van der Waals surface area (Å²) >= 11 is 0. The molecule has 0 N–H and O–H groups in total. The van der Waals surface area contributed by atoms with Crippen LogP contribution in [0.4, 0.5) is 0 Å². The van der Waals surface area contributed by atoms with E-state index in [1.807, 2.05) is 12.1 Å². The predicted octanol–water partition coefficient (Wildman–Crippen LogP) is 2.66. The molecule has 1 heterocycles. The first-order valence-corrected chi connectivity index (χ1v) is 7.37. The second-order valence-electron chi connectivity index (χ2n) is 5.17. The third-order valence-corrected chi connectivity index (χ3v) is 3.34. The van der Waals surface area contributed by atoms with Crippen molar-refractivity contribution in [1.29, 1.82) is 10.5 Å². The summed E-state index contributed by atoms with van der Waals surface area (Å²) < 4.78 is 11.7. The van der Waals surface area contributed by atoms with Crippen LogP contribution in [0.1, 0.15) is 21.7 Å². The molecular weight excluding hydrogens is 320 g/mol. The SMILES string of the molecule is COc1cc(/C=C(\C#N)C(=O)n2nc(C)cc2C)ccc1OCC#N. The molecule has 7 heteroatoms. The lowest BCUT2D eigenvalue weighted by molar-refractivity contribution is 0.0943. The molecule has 1 aromatic heterocycles. The summed E-state index contributed by atoms with van der Waals surface area (Å²) in [5.74, 6) is 0.307. The zero-order valence-electron chi connectivity index (χ0n) is 14.1. The van der Waals surface area contributed by atoms with Gasteiger partial charge in [0.2, 0.25) is 0 Å². The Morgan fingerprint density at radius 1 is 1.28 bits per heavy atom. The fraction of sp³-hybridized carbons (Fsp3) is 0.222. The molecule has 25 heavy (non-hydrogen) atoms. The number of carbonyl (C=O) groups is 1. The summed E-state index contributed by atoms with van der Waals surface area (Å²) in [6.45, 7) is 3.42. The van der Waals surface area contributed by atoms with Crippen LogP contribution in [-0.4, -0.2) is 29.4 Å². The Balaban J connectivity index is 2.36. The Morgan fingerprint density at radius 3 is 2.60 bits per heavy atom. The normalized spacial score (nSPS) is 10.7. The van der Waals surface area contributed by atoms with Gasteiger partial charge in [0.15, 0.2) is 18.1 Å². The molecule has 0 aliphatic heterocycles. The number of nitriles is 2. The van der Waals surface area contributed by atoms with E-state index in [4.69, 9.17) is 14.7 Å². The van der Waals surface area contributed by atoms with Gasteiger partial charge in [-0.05, 0) is 43.7 Å². The van der Waals surface area contributed by atoms with Crippen molar-refractivity contribution in [2.24, 2.45) is 0 Å². The Morgan fingerprint density at radius 2 is 2.04 bits per heavy atom. The van der Waals surface area contributed by atoms with Gasteiger partial charge in [-0.15, -0.1) is 0 Å². The maximum Gasteiger partial charge on any atom is 0.289 e. The monoisotopic (exact) mass is 336 g/mol. The van der Waals surface area contributed by atoms with E-state index in [9.17, 15) is 10.1 Å². The van der Waals surface area contributed by atoms with Crippen molar-refractivity contribution in [3.8, 4) is 23.6 Å². The topological polar surface area (TPSA) is 101 Å². The minimum absolute atomic E-state index is 0.0565. The number of aromatic nitrogens is 2. The predicted molar refractivity (Wildman–Crippen MR) is 90.0 cm³/mol. The molecular formula is C18H16N4O3. The third kappa shape index (κ3) is 4.04. The number of allylic oxidation sites excluding steroid dienone is 1. The molecule has 2 rings (SSSR count). The largest absolute Gasteiger partial charge is 0.493 e. The van der Waals surface area contributed by atoms with E-state index in [0.29, 0.717) is 28.5 Å². The van der Waals surface area contributed by atoms with Crippen LogP contribution in [0.15, 0.2) is 29.8 Å². The molecule has 0 fully saturated rings. The number of hydrogen-bond donors (Lipinski definition) is 0. The number of rotatable bonds is 5. The molecule has 2 aromatic rings. The van der Waals surface area contributed by atoms with Crippen molar-refractivity contribution in [3.63, 3.8) is 0 Å². The Kier molecular flexibility index (Phi) is 5.54. The number of aryl methyl sites for hydroxylation is 2. The quantitative estimate of drug-likeness (QED) is 0.614. The maximum absolute atomic E-state index is 12.5. The van der Waals surface area contributed by atoms with Crippen LogP contribution in [0.3, 0.4) is 0 Å². The van der Waals surface area contributed by atoms with E-state index in [0.717, 1.165) is 0 Å². The average Bonchev–Trinajstić information content (AvgIpc) is 2.95. The fourth-order valence-electron chi connectivity index (χ4n) is 2.26. The highest BCUT2D eigenvalue weighted by Crippen LogP contribution is 2.29. The zero-order chi connectivity index (χ0) is 18.4. The molecule has 0 amide bonds. The van der Waals surface area contributed by atoms with Gasteiger partial charge in [0.05, 0.1) is 12.8 Å². The first-order valence-electron chi connectivity index (χ1n) is 7.37. The van der Waals surface area contributed by atoms with Gasteiger partial charge in [-0.2, -0.15) is 15.6 Å². The van der Waals surface area contributed by atoms with Crippen LogP contribution in [-0.2, 0) is 0 Å². The smallest absolute Gasteiger partial charge is 0.289 e. The number of methoxy groups -OCH3 is 1. The molecule has 0 aliphatic carbocycles. The van der Waals surface area contributed by atoms with Gasteiger partial charge in [0.1, 0.15) is 17.7 Å². The van der Waals surface area contributed by atoms with Gasteiger partial charge in [0, 0.05) is 5.69 Å². The van der Waals surface area contributed by atoms with Crippen molar-refractivity contribution in [2.45, 2.75) is 13.8 Å². The van der Waals surface area contributed by atoms with E-state index in [-0.39, 0.29) is 12.2 Å². The lowest BCUT2D eigenvalue weighted by Gasteiger charge is -2.09. The van der Waals surface area contributed by atoms with Gasteiger partial charge in [-0.1, -0.05) is 6.07 Å². The highest BCUT2D eigenvalue weighted by Gasteiger charge is 2.16. The molecule has 0 saturated carbocycles. The van der Waals surface area contributed by atoms with Crippen LogP contribution in [0.2, 0.25) is 0 Å². The average molecular weight is 336 g/mol. The Labute approximate surface area is 145 Å². The third-order valence-electron chi connectivity index (χ3n) is 3.34. The van der Waals surface area contributed by atoms with Crippen molar-refractivity contribution < 1.29 is 14.3 Å². The van der Waals surface area contributed by atoms with Crippen molar-refractivity contribution in [1.82, 2.24) is 9.78 Å². The van der Waals surface area contributed by atoms with Gasteiger partial charge in [-0.25, -0.2) is 4.68 Å². The van der Waals surface area contributed by atoms with E-state index < -0.39 is 5.91 Å². The maximum atomic E-state index is 12.5. The van der Waals surface area contributed by atoms with E-state index in [1.54, 1.807) is 38.1 Å². The highest BCUT2D eigenvalue weighted by molar-refractivity contribution is 6.03. The number of hydrogen-bond acceptors (Lipinski definition) is 6. The molecule has 1 aromatic carbocycles. The second kappa shape index (κ2) is 7.80. The van der Waals surface area contributed by atoms with Crippen LogP contribution < -0.4 is 9.47 Å². The summed E-state index contributed by atoms with van der Waals surface area (Å²) in [7, 11) is 1.47. The van der Waals surface area contributed by atoms with E-state index in [1.165, 1.54) is 17.9 Å². The lowest BCUT2D eigenvalue weighted by atomic mass is 10.1. The summed E-state index contributed by atoms with van der Waals surface area (Å²) in [5, 5.41) is 22.0. The van der Waals surface area contributed by atoms with E-state index in [2.05, 4.69) is 5.10 Å². The Hall–Kier alpha value is -3.58. The first-order chi connectivity index (χ1) is 12.0. The number of carbonyl (C=O) groups excluding carboxylic acids is 1. The van der Waals surface area contributed by atoms with Gasteiger partial charge in [0.25, 0.3) is 5.91 Å². The van der Waals surface area contributed by atoms with Crippen LogP contribution >= 0.6 is 0 Å². The highest BCUT2D eigenvalue weighted by atomic mass is 16.5. The molecule has 0 aliphatic rings.